The average Bonchev–Trinajstić information content (AvgIpc) is 2.81. The van der Waals surface area contributed by atoms with Crippen molar-refractivity contribution in [2.24, 2.45) is 11.1 Å². The first-order chi connectivity index (χ1) is 17.1. The Kier molecular flexibility index (Phi) is 7.59. The summed E-state index contributed by atoms with van der Waals surface area (Å²) in [5, 5.41) is 0.686. The van der Waals surface area contributed by atoms with Crippen LogP contribution >= 0.6 is 0 Å². The molecule has 4 rings (SSSR count). The van der Waals surface area contributed by atoms with Crippen molar-refractivity contribution in [3.05, 3.63) is 59.0 Å². The van der Waals surface area contributed by atoms with Gasteiger partial charge in [0, 0.05) is 37.3 Å². The Labute approximate surface area is 209 Å². The number of hydrogen-bond donors (Lipinski definition) is 1. The molecule has 0 aliphatic carbocycles. The summed E-state index contributed by atoms with van der Waals surface area (Å²) in [5.41, 5.74) is 6.59. The topological polar surface area (TPSA) is 108 Å². The molecule has 3 aromatic rings. The fraction of sp³-hybridized carbons (Fsp3) is 0.444. The minimum Gasteiger partial charge on any atom is -0.492 e. The van der Waals surface area contributed by atoms with E-state index in [4.69, 9.17) is 19.6 Å². The van der Waals surface area contributed by atoms with Gasteiger partial charge in [-0.05, 0) is 48.1 Å². The van der Waals surface area contributed by atoms with E-state index >= 15 is 0 Å². The van der Waals surface area contributed by atoms with E-state index in [0.29, 0.717) is 28.9 Å². The molecule has 0 radical (unpaired) electrons. The number of carbonyl (C=O) groups is 1. The lowest BCUT2D eigenvalue weighted by Crippen LogP contribution is -2.52. The number of likely N-dealkylation sites (tertiary alicyclic amines) is 1. The Hall–Kier alpha value is -3.46. The van der Waals surface area contributed by atoms with Gasteiger partial charge in [-0.1, -0.05) is 26.8 Å². The third-order valence-electron chi connectivity index (χ3n) is 6.56. The smallest absolute Gasteiger partial charge is 0.404 e. The molecule has 192 valence electrons. The van der Waals surface area contributed by atoms with E-state index in [9.17, 15) is 14.0 Å². The van der Waals surface area contributed by atoms with E-state index in [-0.39, 0.29) is 17.6 Å². The van der Waals surface area contributed by atoms with Crippen LogP contribution in [0.4, 0.5) is 9.18 Å². The monoisotopic (exact) mass is 497 g/mol. The summed E-state index contributed by atoms with van der Waals surface area (Å²) < 4.78 is 29.8. The van der Waals surface area contributed by atoms with Crippen molar-refractivity contribution in [1.29, 1.82) is 0 Å². The van der Waals surface area contributed by atoms with Crippen LogP contribution in [-0.2, 0) is 4.74 Å². The van der Waals surface area contributed by atoms with Gasteiger partial charge in [-0.15, -0.1) is 0 Å². The lowest BCUT2D eigenvalue weighted by atomic mass is 9.79. The number of carbonyl (C=O) groups excluding carboxylic acids is 1. The first-order valence-corrected chi connectivity index (χ1v) is 12.1. The molecule has 1 saturated heterocycles. The molecule has 3 heterocycles. The molecular weight excluding hydrogens is 465 g/mol. The lowest BCUT2D eigenvalue weighted by Gasteiger charge is -2.45. The number of pyridine rings is 1. The summed E-state index contributed by atoms with van der Waals surface area (Å²) >= 11 is 0. The number of nitrogens with zero attached hydrogens (tertiary/aromatic N) is 2. The summed E-state index contributed by atoms with van der Waals surface area (Å²) in [7, 11) is 0. The van der Waals surface area contributed by atoms with Gasteiger partial charge in [-0.3, -0.25) is 4.90 Å². The van der Waals surface area contributed by atoms with E-state index < -0.39 is 17.7 Å². The van der Waals surface area contributed by atoms with Crippen LogP contribution in [0.15, 0.2) is 51.8 Å². The average molecular weight is 498 g/mol. The molecule has 2 atom stereocenters. The fourth-order valence-electron chi connectivity index (χ4n) is 4.85. The van der Waals surface area contributed by atoms with Gasteiger partial charge in [0.2, 0.25) is 5.95 Å². The standard InChI is InChI=1S/C27H32FN3O5/c1-27(2,3)23-14-19(35-26(29)33)9-11-31(23)10-4-12-34-21-15-25(32)36-22-13-17(5-7-20(21)22)18-6-8-24(28)30-16-18/h5-8,13,15-16,19,23H,4,9-12,14H2,1-3H3,(H2,29,33). The van der Waals surface area contributed by atoms with Gasteiger partial charge >= 0.3 is 11.7 Å². The number of nitrogens with two attached hydrogens (primary N) is 1. The Morgan fingerprint density at radius 3 is 2.69 bits per heavy atom. The number of amides is 1. The number of piperidine rings is 1. The van der Waals surface area contributed by atoms with Gasteiger partial charge in [0.05, 0.1) is 18.1 Å². The van der Waals surface area contributed by atoms with E-state index in [1.165, 1.54) is 18.3 Å². The maximum Gasteiger partial charge on any atom is 0.404 e. The van der Waals surface area contributed by atoms with Crippen molar-refractivity contribution in [3.8, 4) is 16.9 Å². The predicted octanol–water partition coefficient (Wildman–Crippen LogP) is 4.74. The van der Waals surface area contributed by atoms with Gasteiger partial charge in [0.1, 0.15) is 17.4 Å². The maximum atomic E-state index is 13.2. The van der Waals surface area contributed by atoms with Crippen molar-refractivity contribution in [1.82, 2.24) is 9.88 Å². The Balaban J connectivity index is 1.41. The van der Waals surface area contributed by atoms with Gasteiger partial charge in [0.25, 0.3) is 0 Å². The highest BCUT2D eigenvalue weighted by Crippen LogP contribution is 2.33. The number of rotatable bonds is 7. The third-order valence-corrected chi connectivity index (χ3v) is 6.56. The largest absolute Gasteiger partial charge is 0.492 e. The van der Waals surface area contributed by atoms with E-state index in [2.05, 4.69) is 30.7 Å². The zero-order valence-corrected chi connectivity index (χ0v) is 20.8. The summed E-state index contributed by atoms with van der Waals surface area (Å²) in [6.07, 6.45) is 2.79. The number of benzene rings is 1. The molecule has 1 aromatic carbocycles. The van der Waals surface area contributed by atoms with Crippen LogP contribution in [-0.4, -0.2) is 47.8 Å². The van der Waals surface area contributed by atoms with Gasteiger partial charge in [-0.25, -0.2) is 14.6 Å². The fourth-order valence-corrected chi connectivity index (χ4v) is 4.85. The first-order valence-electron chi connectivity index (χ1n) is 12.1. The zero-order valence-electron chi connectivity index (χ0n) is 20.8. The van der Waals surface area contributed by atoms with Crippen LogP contribution in [0.1, 0.15) is 40.0 Å². The molecular formula is C27H32FN3O5. The van der Waals surface area contributed by atoms with Crippen LogP contribution in [0.25, 0.3) is 22.1 Å². The summed E-state index contributed by atoms with van der Waals surface area (Å²) in [5.74, 6) is -0.0927. The van der Waals surface area contributed by atoms with E-state index in [1.807, 2.05) is 12.1 Å². The molecule has 9 heteroatoms. The maximum absolute atomic E-state index is 13.2. The van der Waals surface area contributed by atoms with Crippen molar-refractivity contribution in [2.75, 3.05) is 19.7 Å². The Bertz CT molecular complexity index is 1270. The molecule has 2 unspecified atom stereocenters. The van der Waals surface area contributed by atoms with E-state index in [1.54, 1.807) is 12.1 Å². The second kappa shape index (κ2) is 10.7. The van der Waals surface area contributed by atoms with E-state index in [0.717, 1.165) is 37.9 Å². The molecule has 2 aromatic heterocycles. The molecule has 1 aliphatic heterocycles. The number of ether oxygens (including phenoxy) is 2. The Morgan fingerprint density at radius 2 is 2.00 bits per heavy atom. The molecule has 1 fully saturated rings. The van der Waals surface area contributed by atoms with Crippen LogP contribution in [0.5, 0.6) is 5.75 Å². The van der Waals surface area contributed by atoms with Crippen molar-refractivity contribution in [3.63, 3.8) is 0 Å². The molecule has 2 N–H and O–H groups in total. The van der Waals surface area contributed by atoms with Crippen molar-refractivity contribution in [2.45, 2.75) is 52.2 Å². The second-order valence-corrected chi connectivity index (χ2v) is 10.2. The van der Waals surface area contributed by atoms with Crippen LogP contribution in [0, 0.1) is 11.4 Å². The summed E-state index contributed by atoms with van der Waals surface area (Å²) in [6.45, 7) is 8.58. The highest BCUT2D eigenvalue weighted by molar-refractivity contribution is 5.87. The third kappa shape index (κ3) is 6.20. The number of primary amides is 1. The predicted molar refractivity (Wildman–Crippen MR) is 134 cm³/mol. The number of hydrogen-bond acceptors (Lipinski definition) is 7. The summed E-state index contributed by atoms with van der Waals surface area (Å²) in [4.78, 5) is 29.5. The lowest BCUT2D eigenvalue weighted by molar-refractivity contribution is -0.0121. The number of aromatic nitrogens is 1. The van der Waals surface area contributed by atoms with Crippen LogP contribution in [0.2, 0.25) is 0 Å². The van der Waals surface area contributed by atoms with Crippen molar-refractivity contribution < 1.29 is 23.1 Å². The number of halogens is 1. The SMILES string of the molecule is CC(C)(C)C1CC(OC(N)=O)CCN1CCCOc1cc(=O)oc2cc(-c3ccc(F)nc3)ccc12. The molecule has 1 aliphatic rings. The second-order valence-electron chi connectivity index (χ2n) is 10.2. The molecule has 8 nitrogen and oxygen atoms in total. The highest BCUT2D eigenvalue weighted by Gasteiger charge is 2.37. The first kappa shape index (κ1) is 25.6. The molecule has 0 bridgehead atoms. The van der Waals surface area contributed by atoms with Gasteiger partial charge in [-0.2, -0.15) is 4.39 Å². The number of fused-ring (bicyclic) bond motifs is 1. The minimum atomic E-state index is -0.726. The molecule has 36 heavy (non-hydrogen) atoms. The normalized spacial score (nSPS) is 18.8. The van der Waals surface area contributed by atoms with Crippen LogP contribution < -0.4 is 16.1 Å². The van der Waals surface area contributed by atoms with Crippen molar-refractivity contribution >= 4 is 17.1 Å². The summed E-state index contributed by atoms with van der Waals surface area (Å²) in [6, 6.07) is 9.90. The van der Waals surface area contributed by atoms with Crippen LogP contribution in [0.3, 0.4) is 0 Å². The van der Waals surface area contributed by atoms with Gasteiger partial charge in [0.15, 0.2) is 0 Å². The highest BCUT2D eigenvalue weighted by atomic mass is 19.1. The van der Waals surface area contributed by atoms with Gasteiger partial charge < -0.3 is 19.6 Å². The quantitative estimate of drug-likeness (QED) is 0.285. The molecule has 1 amide bonds. The zero-order chi connectivity index (χ0) is 25.9. The molecule has 0 saturated carbocycles. The minimum absolute atomic E-state index is 0.00682. The Morgan fingerprint density at radius 1 is 1.22 bits per heavy atom. The molecule has 0 spiro atoms.